The van der Waals surface area contributed by atoms with E-state index in [4.69, 9.17) is 0 Å². The van der Waals surface area contributed by atoms with Gasteiger partial charge in [0.1, 0.15) is 0 Å². The van der Waals surface area contributed by atoms with Gasteiger partial charge in [-0.1, -0.05) is 6.08 Å². The quantitative estimate of drug-likeness (QED) is 0.732. The zero-order chi connectivity index (χ0) is 16.7. The Bertz CT molecular complexity index is 980. The third-order valence-electron chi connectivity index (χ3n) is 4.36. The van der Waals surface area contributed by atoms with Crippen molar-refractivity contribution in [2.45, 2.75) is 19.9 Å². The van der Waals surface area contributed by atoms with E-state index in [0.717, 1.165) is 35.0 Å². The Hall–Kier alpha value is -2.25. The van der Waals surface area contributed by atoms with Crippen LogP contribution < -0.4 is 5.56 Å². The molecule has 1 aliphatic rings. The van der Waals surface area contributed by atoms with E-state index in [2.05, 4.69) is 27.1 Å². The van der Waals surface area contributed by atoms with E-state index in [1.165, 1.54) is 11.3 Å². The predicted octanol–water partition coefficient (Wildman–Crippen LogP) is 2.09. The predicted molar refractivity (Wildman–Crippen MR) is 95.2 cm³/mol. The molecule has 0 bridgehead atoms. The van der Waals surface area contributed by atoms with Crippen LogP contribution in [0.4, 0.5) is 0 Å². The smallest absolute Gasteiger partial charge is 0.258 e. The lowest BCUT2D eigenvalue weighted by Crippen LogP contribution is -2.29. The lowest BCUT2D eigenvalue weighted by Gasteiger charge is -2.25. The van der Waals surface area contributed by atoms with E-state index in [1.54, 1.807) is 21.8 Å². The highest BCUT2D eigenvalue weighted by Crippen LogP contribution is 2.22. The van der Waals surface area contributed by atoms with Gasteiger partial charge in [-0.15, -0.1) is 11.3 Å². The third-order valence-corrected chi connectivity index (χ3v) is 5.26. The molecule has 124 valence electrons. The molecule has 4 heterocycles. The minimum atomic E-state index is 0.00229. The second-order valence-electron chi connectivity index (χ2n) is 6.13. The zero-order valence-corrected chi connectivity index (χ0v) is 14.6. The van der Waals surface area contributed by atoms with E-state index in [1.807, 2.05) is 31.0 Å². The summed E-state index contributed by atoms with van der Waals surface area (Å²) in [4.78, 5) is 21.0. The Morgan fingerprint density at radius 1 is 1.38 bits per heavy atom. The van der Waals surface area contributed by atoms with Gasteiger partial charge in [-0.05, 0) is 25.0 Å². The Morgan fingerprint density at radius 3 is 2.96 bits per heavy atom. The first-order valence-corrected chi connectivity index (χ1v) is 8.80. The molecule has 7 heteroatoms. The van der Waals surface area contributed by atoms with Gasteiger partial charge >= 0.3 is 0 Å². The largest absolute Gasteiger partial charge is 0.294 e. The maximum Gasteiger partial charge on any atom is 0.258 e. The highest BCUT2D eigenvalue weighted by molar-refractivity contribution is 7.16. The lowest BCUT2D eigenvalue weighted by atomic mass is 10.0. The average molecular weight is 341 g/mol. The number of hydrogen-bond acceptors (Lipinski definition) is 5. The van der Waals surface area contributed by atoms with Gasteiger partial charge in [-0.3, -0.25) is 18.8 Å². The SMILES string of the molecule is Cc1cn2c(=O)cc(CN3CC=C(c4ccnn4C)CC3)nc2s1. The molecule has 0 N–H and O–H groups in total. The van der Waals surface area contributed by atoms with Gasteiger partial charge in [0.05, 0.1) is 11.4 Å². The van der Waals surface area contributed by atoms with Gasteiger partial charge in [-0.25, -0.2) is 4.98 Å². The molecule has 0 radical (unpaired) electrons. The van der Waals surface area contributed by atoms with Crippen LogP contribution in [0.1, 0.15) is 22.7 Å². The Labute approximate surface area is 143 Å². The molecular weight excluding hydrogens is 322 g/mol. The molecule has 0 spiro atoms. The molecule has 0 aliphatic carbocycles. The molecule has 4 rings (SSSR count). The van der Waals surface area contributed by atoms with Crippen LogP contribution in [0, 0.1) is 6.92 Å². The highest BCUT2D eigenvalue weighted by atomic mass is 32.1. The Morgan fingerprint density at radius 2 is 2.25 bits per heavy atom. The van der Waals surface area contributed by atoms with Crippen molar-refractivity contribution in [1.82, 2.24) is 24.1 Å². The van der Waals surface area contributed by atoms with Crippen molar-refractivity contribution in [3.8, 4) is 0 Å². The minimum absolute atomic E-state index is 0.00229. The molecule has 1 aliphatic heterocycles. The van der Waals surface area contributed by atoms with Gasteiger partial charge in [0.15, 0.2) is 4.96 Å². The molecule has 3 aromatic heterocycles. The van der Waals surface area contributed by atoms with E-state index in [0.29, 0.717) is 6.54 Å². The van der Waals surface area contributed by atoms with Crippen molar-refractivity contribution in [2.75, 3.05) is 13.1 Å². The molecule has 0 saturated heterocycles. The molecule has 24 heavy (non-hydrogen) atoms. The van der Waals surface area contributed by atoms with Crippen LogP contribution in [0.15, 0.2) is 35.4 Å². The van der Waals surface area contributed by atoms with E-state index in [-0.39, 0.29) is 5.56 Å². The molecule has 6 nitrogen and oxygen atoms in total. The fourth-order valence-electron chi connectivity index (χ4n) is 3.14. The fourth-order valence-corrected chi connectivity index (χ4v) is 3.99. The van der Waals surface area contributed by atoms with E-state index >= 15 is 0 Å². The summed E-state index contributed by atoms with van der Waals surface area (Å²) in [6, 6.07) is 3.70. The van der Waals surface area contributed by atoms with Gasteiger partial charge in [0.25, 0.3) is 5.56 Å². The molecule has 0 amide bonds. The minimum Gasteiger partial charge on any atom is -0.294 e. The Kier molecular flexibility index (Phi) is 3.82. The van der Waals surface area contributed by atoms with Crippen molar-refractivity contribution >= 4 is 21.9 Å². The summed E-state index contributed by atoms with van der Waals surface area (Å²) >= 11 is 1.55. The second-order valence-corrected chi connectivity index (χ2v) is 7.35. The summed E-state index contributed by atoms with van der Waals surface area (Å²) in [7, 11) is 1.97. The fraction of sp³-hybridized carbons (Fsp3) is 0.353. The topological polar surface area (TPSA) is 55.4 Å². The van der Waals surface area contributed by atoms with Crippen molar-refractivity contribution < 1.29 is 0 Å². The number of rotatable bonds is 3. The van der Waals surface area contributed by atoms with Crippen LogP contribution in [0.2, 0.25) is 0 Å². The number of nitrogens with zero attached hydrogens (tertiary/aromatic N) is 5. The normalized spacial score (nSPS) is 15.8. The van der Waals surface area contributed by atoms with Gasteiger partial charge in [0.2, 0.25) is 0 Å². The molecule has 3 aromatic rings. The zero-order valence-electron chi connectivity index (χ0n) is 13.8. The summed E-state index contributed by atoms with van der Waals surface area (Å²) in [6.45, 7) is 4.53. The summed E-state index contributed by atoms with van der Waals surface area (Å²) in [5, 5.41) is 4.24. The number of aryl methyl sites for hydroxylation is 2. The summed E-state index contributed by atoms with van der Waals surface area (Å²) in [5.74, 6) is 0. The second kappa shape index (κ2) is 5.99. The van der Waals surface area contributed by atoms with Crippen LogP contribution in [0.5, 0.6) is 0 Å². The van der Waals surface area contributed by atoms with Gasteiger partial charge in [0, 0.05) is 50.0 Å². The van der Waals surface area contributed by atoms with Crippen LogP contribution >= 0.6 is 11.3 Å². The van der Waals surface area contributed by atoms with Crippen molar-refractivity contribution in [2.24, 2.45) is 7.05 Å². The number of hydrogen-bond donors (Lipinski definition) is 0. The standard InChI is InChI=1S/C17H19N5OS/c1-12-10-22-16(23)9-14(19-17(22)24-12)11-21-7-4-13(5-8-21)15-3-6-18-20(15)2/h3-4,6,9-10H,5,7-8,11H2,1-2H3. The maximum absolute atomic E-state index is 12.2. The monoisotopic (exact) mass is 341 g/mol. The van der Waals surface area contributed by atoms with Crippen molar-refractivity contribution in [3.05, 3.63) is 57.2 Å². The van der Waals surface area contributed by atoms with Gasteiger partial charge < -0.3 is 0 Å². The molecule has 0 aromatic carbocycles. The van der Waals surface area contributed by atoms with Crippen LogP contribution in [0.3, 0.4) is 0 Å². The molecule has 0 saturated carbocycles. The molecule has 0 atom stereocenters. The first kappa shape index (κ1) is 15.3. The Balaban J connectivity index is 1.52. The molecule has 0 unspecified atom stereocenters. The van der Waals surface area contributed by atoms with E-state index < -0.39 is 0 Å². The lowest BCUT2D eigenvalue weighted by molar-refractivity contribution is 0.290. The third kappa shape index (κ3) is 2.81. The van der Waals surface area contributed by atoms with Gasteiger partial charge in [-0.2, -0.15) is 5.10 Å². The van der Waals surface area contributed by atoms with Crippen LogP contribution in [-0.2, 0) is 13.6 Å². The first-order valence-electron chi connectivity index (χ1n) is 7.98. The molecule has 0 fully saturated rings. The van der Waals surface area contributed by atoms with Crippen molar-refractivity contribution in [3.63, 3.8) is 0 Å². The van der Waals surface area contributed by atoms with Crippen molar-refractivity contribution in [1.29, 1.82) is 0 Å². The molecular formula is C17H19N5OS. The number of fused-ring (bicyclic) bond motifs is 1. The maximum atomic E-state index is 12.2. The van der Waals surface area contributed by atoms with Crippen LogP contribution in [0.25, 0.3) is 10.5 Å². The highest BCUT2D eigenvalue weighted by Gasteiger charge is 2.16. The van der Waals surface area contributed by atoms with E-state index in [9.17, 15) is 4.79 Å². The average Bonchev–Trinajstić information content (AvgIpc) is 3.14. The first-order chi connectivity index (χ1) is 11.6. The summed E-state index contributed by atoms with van der Waals surface area (Å²) in [6.07, 6.45) is 6.92. The number of thiazole rings is 1. The van der Waals surface area contributed by atoms with Crippen LogP contribution in [-0.4, -0.2) is 37.2 Å². The summed E-state index contributed by atoms with van der Waals surface area (Å²) in [5.41, 5.74) is 3.37. The summed E-state index contributed by atoms with van der Waals surface area (Å²) < 4.78 is 3.54. The number of aromatic nitrogens is 4.